The van der Waals surface area contributed by atoms with E-state index in [1.807, 2.05) is 4.90 Å². The van der Waals surface area contributed by atoms with Crippen molar-refractivity contribution < 1.29 is 4.79 Å². The third-order valence-corrected chi connectivity index (χ3v) is 4.94. The summed E-state index contributed by atoms with van der Waals surface area (Å²) in [5.74, 6) is 1.06. The Hall–Kier alpha value is -2.43. The van der Waals surface area contributed by atoms with Crippen LogP contribution in [0.4, 0.5) is 11.5 Å². The maximum Gasteiger partial charge on any atom is 0.274 e. The summed E-state index contributed by atoms with van der Waals surface area (Å²) in [4.78, 5) is 23.3. The molecule has 0 atom stereocenters. The van der Waals surface area contributed by atoms with E-state index in [0.717, 1.165) is 31.6 Å². The fourth-order valence-corrected chi connectivity index (χ4v) is 3.41. The zero-order valence-electron chi connectivity index (χ0n) is 16.0. The van der Waals surface area contributed by atoms with Gasteiger partial charge in [0.05, 0.1) is 12.4 Å². The molecule has 5 nitrogen and oxygen atoms in total. The van der Waals surface area contributed by atoms with Crippen LogP contribution in [0, 0.1) is 6.92 Å². The van der Waals surface area contributed by atoms with Crippen molar-refractivity contribution in [2.75, 3.05) is 18.4 Å². The van der Waals surface area contributed by atoms with Crippen molar-refractivity contribution in [1.82, 2.24) is 14.9 Å². The Balaban J connectivity index is 1.75. The maximum atomic E-state index is 12.6. The van der Waals surface area contributed by atoms with Gasteiger partial charge in [-0.25, -0.2) is 9.97 Å². The summed E-state index contributed by atoms with van der Waals surface area (Å²) < 4.78 is 0. The van der Waals surface area contributed by atoms with Gasteiger partial charge in [-0.3, -0.25) is 4.79 Å². The van der Waals surface area contributed by atoms with Crippen molar-refractivity contribution in [3.05, 3.63) is 47.4 Å². The smallest absolute Gasteiger partial charge is 0.274 e. The molecule has 2 aromatic rings. The molecule has 1 amide bonds. The van der Waals surface area contributed by atoms with Gasteiger partial charge in [0.2, 0.25) is 0 Å². The van der Waals surface area contributed by atoms with Gasteiger partial charge in [0.25, 0.3) is 5.91 Å². The van der Waals surface area contributed by atoms with Crippen molar-refractivity contribution in [3.63, 3.8) is 0 Å². The number of carbonyl (C=O) groups excluding carboxylic acids is 1. The molecule has 138 valence electrons. The molecule has 26 heavy (non-hydrogen) atoms. The van der Waals surface area contributed by atoms with Gasteiger partial charge in [-0.15, -0.1) is 0 Å². The van der Waals surface area contributed by atoms with Gasteiger partial charge in [-0.2, -0.15) is 0 Å². The van der Waals surface area contributed by atoms with E-state index in [0.29, 0.717) is 17.4 Å². The van der Waals surface area contributed by atoms with E-state index < -0.39 is 0 Å². The van der Waals surface area contributed by atoms with Gasteiger partial charge in [-0.1, -0.05) is 44.9 Å². The predicted octanol–water partition coefficient (Wildman–Crippen LogP) is 4.67. The monoisotopic (exact) mass is 352 g/mol. The summed E-state index contributed by atoms with van der Waals surface area (Å²) in [6.45, 7) is 8.07. The van der Waals surface area contributed by atoms with Crippen LogP contribution in [0.3, 0.4) is 0 Å². The molecule has 1 saturated heterocycles. The van der Waals surface area contributed by atoms with Crippen molar-refractivity contribution >= 4 is 17.4 Å². The predicted molar refractivity (Wildman–Crippen MR) is 105 cm³/mol. The molecule has 0 unspecified atom stereocenters. The Morgan fingerprint density at radius 3 is 2.42 bits per heavy atom. The number of hydrogen-bond donors (Lipinski definition) is 1. The van der Waals surface area contributed by atoms with Gasteiger partial charge in [0.1, 0.15) is 11.5 Å². The van der Waals surface area contributed by atoms with Gasteiger partial charge in [-0.05, 0) is 36.8 Å². The SMILES string of the molecule is Cc1cccc(C(C)C)c1Nc1cnc(C(=O)N2CCCCCC2)cn1. The number of hydrogen-bond acceptors (Lipinski definition) is 4. The van der Waals surface area contributed by atoms with Crippen LogP contribution in [0.25, 0.3) is 0 Å². The van der Waals surface area contributed by atoms with Crippen molar-refractivity contribution in [3.8, 4) is 0 Å². The Kier molecular flexibility index (Phi) is 5.86. The van der Waals surface area contributed by atoms with E-state index in [1.54, 1.807) is 12.4 Å². The second kappa shape index (κ2) is 8.30. The molecule has 2 heterocycles. The summed E-state index contributed by atoms with van der Waals surface area (Å²) in [5.41, 5.74) is 3.91. The highest BCUT2D eigenvalue weighted by atomic mass is 16.2. The van der Waals surface area contributed by atoms with Crippen LogP contribution in [0.5, 0.6) is 0 Å². The van der Waals surface area contributed by atoms with Crippen LogP contribution in [0.15, 0.2) is 30.6 Å². The molecule has 1 aliphatic heterocycles. The third kappa shape index (κ3) is 4.21. The largest absolute Gasteiger partial charge is 0.338 e. The average Bonchev–Trinajstić information content (AvgIpc) is 2.92. The number of aromatic nitrogens is 2. The number of carbonyl (C=O) groups is 1. The number of benzene rings is 1. The standard InChI is InChI=1S/C21H28N4O/c1-15(2)17-10-8-9-16(3)20(17)24-19-14-22-18(13-23-19)21(26)25-11-6-4-5-7-12-25/h8-10,13-15H,4-7,11-12H2,1-3H3,(H,23,24). The van der Waals surface area contributed by atoms with E-state index in [4.69, 9.17) is 0 Å². The summed E-state index contributed by atoms with van der Waals surface area (Å²) in [7, 11) is 0. The first-order valence-corrected chi connectivity index (χ1v) is 9.54. The Bertz CT molecular complexity index is 747. The molecule has 0 bridgehead atoms. The second-order valence-corrected chi connectivity index (χ2v) is 7.31. The van der Waals surface area contributed by atoms with Crippen LogP contribution in [-0.2, 0) is 0 Å². The molecule has 1 aromatic carbocycles. The van der Waals surface area contributed by atoms with Crippen LogP contribution < -0.4 is 5.32 Å². The minimum Gasteiger partial charge on any atom is -0.338 e. The molecule has 0 aliphatic carbocycles. The van der Waals surface area contributed by atoms with Crippen molar-refractivity contribution in [2.24, 2.45) is 0 Å². The number of aryl methyl sites for hydroxylation is 1. The number of anilines is 2. The van der Waals surface area contributed by atoms with Crippen molar-refractivity contribution in [1.29, 1.82) is 0 Å². The lowest BCUT2D eigenvalue weighted by Gasteiger charge is -2.20. The summed E-state index contributed by atoms with van der Waals surface area (Å²) in [6.07, 6.45) is 7.79. The quantitative estimate of drug-likeness (QED) is 0.869. The van der Waals surface area contributed by atoms with Gasteiger partial charge in [0, 0.05) is 18.8 Å². The Morgan fingerprint density at radius 1 is 1.08 bits per heavy atom. The van der Waals surface area contributed by atoms with Gasteiger partial charge < -0.3 is 10.2 Å². The maximum absolute atomic E-state index is 12.6. The molecular weight excluding hydrogens is 324 g/mol. The molecule has 1 aromatic heterocycles. The average molecular weight is 352 g/mol. The summed E-state index contributed by atoms with van der Waals surface area (Å²) in [6, 6.07) is 6.29. The molecule has 5 heteroatoms. The number of likely N-dealkylation sites (tertiary alicyclic amines) is 1. The van der Waals surface area contributed by atoms with E-state index in [9.17, 15) is 4.79 Å². The number of amides is 1. The first-order valence-electron chi connectivity index (χ1n) is 9.54. The lowest BCUT2D eigenvalue weighted by atomic mass is 9.98. The Morgan fingerprint density at radius 2 is 1.81 bits per heavy atom. The normalized spacial score (nSPS) is 15.0. The first kappa shape index (κ1) is 18.4. The molecular formula is C21H28N4O. The minimum absolute atomic E-state index is 0.00953. The van der Waals surface area contributed by atoms with Crippen LogP contribution in [0.2, 0.25) is 0 Å². The molecule has 0 saturated carbocycles. The highest BCUT2D eigenvalue weighted by molar-refractivity contribution is 5.92. The van der Waals surface area contributed by atoms with Crippen molar-refractivity contribution in [2.45, 2.75) is 52.4 Å². The number of nitrogens with one attached hydrogen (secondary N) is 1. The van der Waals surface area contributed by atoms with E-state index in [2.05, 4.69) is 54.3 Å². The fraction of sp³-hybridized carbons (Fsp3) is 0.476. The third-order valence-electron chi connectivity index (χ3n) is 4.94. The number of rotatable bonds is 4. The molecule has 0 radical (unpaired) electrons. The second-order valence-electron chi connectivity index (χ2n) is 7.31. The van der Waals surface area contributed by atoms with E-state index >= 15 is 0 Å². The van der Waals surface area contributed by atoms with Gasteiger partial charge >= 0.3 is 0 Å². The lowest BCUT2D eigenvalue weighted by Crippen LogP contribution is -2.32. The van der Waals surface area contributed by atoms with Crippen LogP contribution >= 0.6 is 0 Å². The van der Waals surface area contributed by atoms with Gasteiger partial charge in [0.15, 0.2) is 0 Å². The molecule has 1 fully saturated rings. The zero-order chi connectivity index (χ0) is 18.5. The summed E-state index contributed by atoms with van der Waals surface area (Å²) >= 11 is 0. The number of para-hydroxylation sites is 1. The van der Waals surface area contributed by atoms with Crippen LogP contribution in [-0.4, -0.2) is 33.9 Å². The highest BCUT2D eigenvalue weighted by Gasteiger charge is 2.19. The lowest BCUT2D eigenvalue weighted by molar-refractivity contribution is 0.0755. The topological polar surface area (TPSA) is 58.1 Å². The Labute approximate surface area is 155 Å². The van der Waals surface area contributed by atoms with E-state index in [1.165, 1.54) is 24.0 Å². The minimum atomic E-state index is -0.00953. The summed E-state index contributed by atoms with van der Waals surface area (Å²) in [5, 5.41) is 3.38. The molecule has 3 rings (SSSR count). The highest BCUT2D eigenvalue weighted by Crippen LogP contribution is 2.29. The van der Waals surface area contributed by atoms with E-state index in [-0.39, 0.29) is 5.91 Å². The zero-order valence-corrected chi connectivity index (χ0v) is 16.0. The first-order chi connectivity index (χ1) is 12.6. The van der Waals surface area contributed by atoms with Crippen LogP contribution in [0.1, 0.15) is 67.1 Å². The molecule has 1 aliphatic rings. The molecule has 1 N–H and O–H groups in total. The molecule has 0 spiro atoms. The number of nitrogens with zero attached hydrogens (tertiary/aromatic N) is 3. The fourth-order valence-electron chi connectivity index (χ4n) is 3.41.